The molecule has 1 aromatic rings. The Morgan fingerprint density at radius 3 is 2.59 bits per heavy atom. The lowest BCUT2D eigenvalue weighted by molar-refractivity contribution is -0.119. The molecule has 2 unspecified atom stereocenters. The monoisotopic (exact) mass is 252 g/mol. The van der Waals surface area contributed by atoms with Gasteiger partial charge in [0, 0.05) is 10.8 Å². The van der Waals surface area contributed by atoms with Crippen LogP contribution in [0.5, 0.6) is 0 Å². The van der Waals surface area contributed by atoms with Gasteiger partial charge in [0.1, 0.15) is 5.78 Å². The van der Waals surface area contributed by atoms with Gasteiger partial charge in [-0.05, 0) is 37.5 Å². The quantitative estimate of drug-likeness (QED) is 0.807. The Kier molecular flexibility index (Phi) is 5.06. The molecular weight excluding hydrogens is 232 g/mol. The number of hydrogen-bond acceptors (Lipinski definition) is 2. The molecule has 17 heavy (non-hydrogen) atoms. The third kappa shape index (κ3) is 3.77. The summed E-state index contributed by atoms with van der Waals surface area (Å²) in [5.41, 5.74) is 2.07. The normalized spacial score (nSPS) is 14.4. The molecule has 0 radical (unpaired) electrons. The molecule has 1 rings (SSSR count). The summed E-state index contributed by atoms with van der Waals surface area (Å²) in [5, 5.41) is 0. The van der Waals surface area contributed by atoms with Gasteiger partial charge in [0.2, 0.25) is 0 Å². The van der Waals surface area contributed by atoms with Gasteiger partial charge in [-0.3, -0.25) is 9.00 Å². The van der Waals surface area contributed by atoms with Gasteiger partial charge < -0.3 is 0 Å². The Balaban J connectivity index is 2.83. The number of hydrogen-bond donors (Lipinski definition) is 0. The topological polar surface area (TPSA) is 34.1 Å². The van der Waals surface area contributed by atoms with Crippen molar-refractivity contribution >= 4 is 16.6 Å². The zero-order chi connectivity index (χ0) is 13.0. The van der Waals surface area contributed by atoms with Crippen molar-refractivity contribution < 1.29 is 9.00 Å². The maximum Gasteiger partial charge on any atom is 0.148 e. The third-order valence-electron chi connectivity index (χ3n) is 3.02. The Morgan fingerprint density at radius 2 is 2.00 bits per heavy atom. The number of benzene rings is 1. The van der Waals surface area contributed by atoms with Crippen molar-refractivity contribution in [1.29, 1.82) is 0 Å². The van der Waals surface area contributed by atoms with Crippen LogP contribution in [0.15, 0.2) is 23.1 Å². The average Bonchev–Trinajstić information content (AvgIpc) is 2.30. The Labute approximate surface area is 106 Å². The van der Waals surface area contributed by atoms with Crippen LogP contribution in [0.4, 0.5) is 0 Å². The van der Waals surface area contributed by atoms with Gasteiger partial charge in [-0.1, -0.05) is 26.0 Å². The minimum Gasteiger partial charge on any atom is -0.298 e. The van der Waals surface area contributed by atoms with E-state index in [-0.39, 0.29) is 17.5 Å². The molecule has 0 fully saturated rings. The first kappa shape index (κ1) is 14.1. The summed E-state index contributed by atoms with van der Waals surface area (Å²) in [6.07, 6.45) is 0.808. The predicted octanol–water partition coefficient (Wildman–Crippen LogP) is 3.03. The van der Waals surface area contributed by atoms with E-state index in [0.717, 1.165) is 22.4 Å². The van der Waals surface area contributed by atoms with Crippen molar-refractivity contribution in [2.45, 2.75) is 39.0 Å². The highest BCUT2D eigenvalue weighted by atomic mass is 32.2. The lowest BCUT2D eigenvalue weighted by Gasteiger charge is -2.09. The highest BCUT2D eigenvalue weighted by molar-refractivity contribution is 7.85. The molecule has 0 spiro atoms. The smallest absolute Gasteiger partial charge is 0.148 e. The number of carbonyl (C=O) groups is 1. The lowest BCUT2D eigenvalue weighted by Crippen LogP contribution is -2.18. The number of aryl methyl sites for hydroxylation is 2. The summed E-state index contributed by atoms with van der Waals surface area (Å²) in [5.74, 6) is 0.232. The van der Waals surface area contributed by atoms with Crippen LogP contribution in [-0.2, 0) is 15.6 Å². The van der Waals surface area contributed by atoms with Crippen molar-refractivity contribution in [3.63, 3.8) is 0 Å². The van der Waals surface area contributed by atoms with Crippen molar-refractivity contribution in [1.82, 2.24) is 0 Å². The highest BCUT2D eigenvalue weighted by Crippen LogP contribution is 2.16. The van der Waals surface area contributed by atoms with E-state index in [4.69, 9.17) is 0 Å². The molecule has 0 aliphatic heterocycles. The van der Waals surface area contributed by atoms with Crippen LogP contribution in [0.3, 0.4) is 0 Å². The van der Waals surface area contributed by atoms with Gasteiger partial charge in [0.25, 0.3) is 0 Å². The van der Waals surface area contributed by atoms with Gasteiger partial charge in [0.05, 0.1) is 16.6 Å². The molecule has 0 aliphatic rings. The fourth-order valence-electron chi connectivity index (χ4n) is 1.53. The van der Waals surface area contributed by atoms with Gasteiger partial charge in [0.15, 0.2) is 0 Å². The summed E-state index contributed by atoms with van der Waals surface area (Å²) >= 11 is 0. The van der Waals surface area contributed by atoms with Crippen molar-refractivity contribution in [3.05, 3.63) is 29.3 Å². The Hall–Kier alpha value is -0.960. The minimum atomic E-state index is -1.21. The molecular formula is C14H20O2S. The molecule has 2 nitrogen and oxygen atoms in total. The fourth-order valence-corrected chi connectivity index (χ4v) is 2.97. The number of rotatable bonds is 5. The summed E-state index contributed by atoms with van der Waals surface area (Å²) in [6.45, 7) is 7.77. The molecule has 0 heterocycles. The van der Waals surface area contributed by atoms with Gasteiger partial charge in [-0.25, -0.2) is 0 Å². The van der Waals surface area contributed by atoms with E-state index < -0.39 is 10.8 Å². The van der Waals surface area contributed by atoms with Gasteiger partial charge in [-0.2, -0.15) is 0 Å². The Morgan fingerprint density at radius 1 is 1.35 bits per heavy atom. The average molecular weight is 252 g/mol. The largest absolute Gasteiger partial charge is 0.298 e. The zero-order valence-electron chi connectivity index (χ0n) is 10.9. The number of ketones is 1. The van der Waals surface area contributed by atoms with Crippen LogP contribution in [0.2, 0.25) is 0 Å². The molecule has 0 aromatic heterocycles. The molecule has 3 heteroatoms. The van der Waals surface area contributed by atoms with Crippen LogP contribution >= 0.6 is 0 Å². The molecule has 0 aliphatic carbocycles. The highest BCUT2D eigenvalue weighted by Gasteiger charge is 2.16. The second-order valence-electron chi connectivity index (χ2n) is 4.53. The van der Waals surface area contributed by atoms with Crippen LogP contribution in [0.1, 0.15) is 31.4 Å². The summed E-state index contributed by atoms with van der Waals surface area (Å²) in [6, 6.07) is 5.86. The molecule has 2 atom stereocenters. The van der Waals surface area contributed by atoms with E-state index in [1.165, 1.54) is 0 Å². The lowest BCUT2D eigenvalue weighted by atomic mass is 10.1. The maximum absolute atomic E-state index is 12.1. The molecule has 0 saturated carbocycles. The van der Waals surface area contributed by atoms with Crippen LogP contribution in [0.25, 0.3) is 0 Å². The maximum atomic E-state index is 12.1. The van der Waals surface area contributed by atoms with E-state index in [2.05, 4.69) is 0 Å². The zero-order valence-corrected chi connectivity index (χ0v) is 11.8. The predicted molar refractivity (Wildman–Crippen MR) is 71.7 cm³/mol. The van der Waals surface area contributed by atoms with Crippen LogP contribution in [0, 0.1) is 19.8 Å². The number of carbonyl (C=O) groups excluding carboxylic acids is 1. The second kappa shape index (κ2) is 6.10. The molecule has 0 amide bonds. The summed E-state index contributed by atoms with van der Waals surface area (Å²) < 4.78 is 12.1. The molecule has 1 aromatic carbocycles. The van der Waals surface area contributed by atoms with Crippen LogP contribution < -0.4 is 0 Å². The summed E-state index contributed by atoms with van der Waals surface area (Å²) in [4.78, 5) is 12.6. The first-order chi connectivity index (χ1) is 7.95. The fraction of sp³-hybridized carbons (Fsp3) is 0.500. The minimum absolute atomic E-state index is 0.00376. The van der Waals surface area contributed by atoms with E-state index in [1.807, 2.05) is 45.9 Å². The second-order valence-corrected chi connectivity index (χ2v) is 5.95. The Bertz CT molecular complexity index is 438. The molecule has 94 valence electrons. The van der Waals surface area contributed by atoms with E-state index in [1.54, 1.807) is 0 Å². The third-order valence-corrected chi connectivity index (χ3v) is 4.50. The first-order valence-electron chi connectivity index (χ1n) is 5.94. The summed E-state index contributed by atoms with van der Waals surface area (Å²) in [7, 11) is -1.21. The van der Waals surface area contributed by atoms with Gasteiger partial charge in [-0.15, -0.1) is 0 Å². The van der Waals surface area contributed by atoms with Crippen molar-refractivity contribution in [3.8, 4) is 0 Å². The van der Waals surface area contributed by atoms with Crippen LogP contribution in [-0.4, -0.2) is 15.7 Å². The van der Waals surface area contributed by atoms with Gasteiger partial charge >= 0.3 is 0 Å². The van der Waals surface area contributed by atoms with Crippen molar-refractivity contribution in [2.75, 3.05) is 5.75 Å². The van der Waals surface area contributed by atoms with Crippen molar-refractivity contribution in [2.24, 2.45) is 5.92 Å². The van der Waals surface area contributed by atoms with E-state index in [0.29, 0.717) is 0 Å². The molecule has 0 saturated heterocycles. The van der Waals surface area contributed by atoms with E-state index >= 15 is 0 Å². The SMILES string of the molecule is CCC(C)C(=O)CS(=O)c1cc(C)ccc1C. The molecule has 0 bridgehead atoms. The first-order valence-corrected chi connectivity index (χ1v) is 7.26. The standard InChI is InChI=1S/C14H20O2S/c1-5-11(3)13(15)9-17(16)14-8-10(2)6-7-12(14)4/h6-8,11H,5,9H2,1-4H3. The number of Topliss-reactive ketones (excluding diaryl/α,β-unsaturated/α-hetero) is 1. The van der Waals surface area contributed by atoms with E-state index in [9.17, 15) is 9.00 Å². The molecule has 0 N–H and O–H groups in total.